The lowest BCUT2D eigenvalue weighted by Crippen LogP contribution is -2.39. The number of hydrogen-bond acceptors (Lipinski definition) is 5. The highest BCUT2D eigenvalue weighted by atomic mass is 16.5. The number of aromatic amines is 1. The fraction of sp³-hybridized carbons (Fsp3) is 0.296. The Morgan fingerprint density at radius 3 is 2.82 bits per heavy atom. The number of methoxy groups -OCH3 is 1. The molecule has 7 heteroatoms. The van der Waals surface area contributed by atoms with Crippen LogP contribution in [0.1, 0.15) is 12.0 Å². The number of para-hydroxylation sites is 1. The van der Waals surface area contributed by atoms with E-state index in [9.17, 15) is 4.79 Å². The lowest BCUT2D eigenvalue weighted by molar-refractivity contribution is -0.131. The zero-order valence-electron chi connectivity index (χ0n) is 19.8. The first-order valence-electron chi connectivity index (χ1n) is 11.5. The first-order chi connectivity index (χ1) is 16.5. The van der Waals surface area contributed by atoms with Gasteiger partial charge in [-0.1, -0.05) is 36.4 Å². The van der Waals surface area contributed by atoms with Crippen molar-refractivity contribution in [1.29, 1.82) is 0 Å². The van der Waals surface area contributed by atoms with Gasteiger partial charge in [0.25, 0.3) is 0 Å². The van der Waals surface area contributed by atoms with Gasteiger partial charge < -0.3 is 14.5 Å². The van der Waals surface area contributed by atoms with E-state index >= 15 is 0 Å². The van der Waals surface area contributed by atoms with Crippen molar-refractivity contribution >= 4 is 16.9 Å². The van der Waals surface area contributed by atoms with E-state index in [0.29, 0.717) is 18.1 Å². The van der Waals surface area contributed by atoms with Gasteiger partial charge in [0.05, 0.1) is 19.2 Å². The number of aromatic nitrogens is 3. The molecule has 0 saturated carbocycles. The smallest absolute Gasteiger partial charge is 0.227 e. The van der Waals surface area contributed by atoms with E-state index in [2.05, 4.69) is 45.3 Å². The molecule has 1 N–H and O–H groups in total. The van der Waals surface area contributed by atoms with Gasteiger partial charge in [-0.3, -0.25) is 9.89 Å². The van der Waals surface area contributed by atoms with E-state index in [1.54, 1.807) is 7.11 Å². The molecule has 1 saturated heterocycles. The van der Waals surface area contributed by atoms with Crippen LogP contribution in [-0.4, -0.2) is 71.2 Å². The van der Waals surface area contributed by atoms with Gasteiger partial charge in [-0.2, -0.15) is 5.10 Å². The van der Waals surface area contributed by atoms with Crippen molar-refractivity contribution in [1.82, 2.24) is 25.0 Å². The van der Waals surface area contributed by atoms with Gasteiger partial charge in [0.1, 0.15) is 5.75 Å². The topological polar surface area (TPSA) is 74.3 Å². The first-order valence-corrected chi connectivity index (χ1v) is 11.5. The molecule has 2 aromatic carbocycles. The largest absolute Gasteiger partial charge is 0.496 e. The summed E-state index contributed by atoms with van der Waals surface area (Å²) in [5.74, 6) is 0.927. The monoisotopic (exact) mass is 455 g/mol. The van der Waals surface area contributed by atoms with Crippen molar-refractivity contribution in [3.8, 4) is 28.1 Å². The number of nitrogens with zero attached hydrogens (tertiary/aromatic N) is 4. The number of H-pyrrole nitrogens is 1. The minimum Gasteiger partial charge on any atom is -0.496 e. The minimum absolute atomic E-state index is 0.152. The van der Waals surface area contributed by atoms with Gasteiger partial charge in [-0.15, -0.1) is 0 Å². The number of rotatable bonds is 6. The summed E-state index contributed by atoms with van der Waals surface area (Å²) < 4.78 is 5.54. The molecular weight excluding hydrogens is 426 g/mol. The Balaban J connectivity index is 1.42. The van der Waals surface area contributed by atoms with E-state index in [1.807, 2.05) is 54.5 Å². The van der Waals surface area contributed by atoms with Crippen LogP contribution < -0.4 is 4.74 Å². The van der Waals surface area contributed by atoms with Crippen molar-refractivity contribution in [3.05, 3.63) is 66.4 Å². The van der Waals surface area contributed by atoms with Crippen molar-refractivity contribution in [3.63, 3.8) is 0 Å². The van der Waals surface area contributed by atoms with Gasteiger partial charge in [0.2, 0.25) is 5.91 Å². The van der Waals surface area contributed by atoms with Crippen LogP contribution in [0.3, 0.4) is 0 Å². The number of likely N-dealkylation sites (tertiary alicyclic amines) is 1. The van der Waals surface area contributed by atoms with E-state index in [0.717, 1.165) is 58.6 Å². The number of likely N-dealkylation sites (N-methyl/N-ethyl adjacent to an activating group) is 2. The summed E-state index contributed by atoms with van der Waals surface area (Å²) in [5.41, 5.74) is 5.46. The van der Waals surface area contributed by atoms with Crippen molar-refractivity contribution < 1.29 is 9.53 Å². The summed E-state index contributed by atoms with van der Waals surface area (Å²) in [5, 5.41) is 8.42. The first kappa shape index (κ1) is 22.1. The normalized spacial score (nSPS) is 16.1. The lowest BCUT2D eigenvalue weighted by atomic mass is 10.0. The molecule has 1 atom stereocenters. The number of ether oxygens (including phenoxy) is 1. The molecule has 5 rings (SSSR count). The van der Waals surface area contributed by atoms with E-state index < -0.39 is 0 Å². The number of carbonyl (C=O) groups is 1. The van der Waals surface area contributed by atoms with Gasteiger partial charge >= 0.3 is 0 Å². The molecule has 0 aliphatic carbocycles. The summed E-state index contributed by atoms with van der Waals surface area (Å²) in [4.78, 5) is 21.7. The highest BCUT2D eigenvalue weighted by Crippen LogP contribution is 2.34. The predicted octanol–water partition coefficient (Wildman–Crippen LogP) is 4.01. The fourth-order valence-electron chi connectivity index (χ4n) is 4.71. The molecule has 1 fully saturated rings. The van der Waals surface area contributed by atoms with Crippen LogP contribution in [0.15, 0.2) is 60.8 Å². The molecule has 1 unspecified atom stereocenters. The van der Waals surface area contributed by atoms with E-state index in [-0.39, 0.29) is 5.91 Å². The molecule has 7 nitrogen and oxygen atoms in total. The van der Waals surface area contributed by atoms with Crippen LogP contribution in [-0.2, 0) is 11.2 Å². The molecule has 0 bridgehead atoms. The van der Waals surface area contributed by atoms with E-state index in [4.69, 9.17) is 4.74 Å². The fourth-order valence-corrected chi connectivity index (χ4v) is 4.71. The van der Waals surface area contributed by atoms with Crippen molar-refractivity contribution in [2.75, 3.05) is 34.3 Å². The summed E-state index contributed by atoms with van der Waals surface area (Å²) in [6.45, 7) is 1.98. The molecule has 0 spiro atoms. The third-order valence-electron chi connectivity index (χ3n) is 6.71. The van der Waals surface area contributed by atoms with Gasteiger partial charge in [0, 0.05) is 42.3 Å². The Morgan fingerprint density at radius 1 is 1.18 bits per heavy atom. The van der Waals surface area contributed by atoms with Gasteiger partial charge in [0.15, 0.2) is 5.65 Å². The average Bonchev–Trinajstić information content (AvgIpc) is 3.49. The second kappa shape index (κ2) is 9.27. The zero-order chi connectivity index (χ0) is 23.7. The third-order valence-corrected chi connectivity index (χ3v) is 6.71. The van der Waals surface area contributed by atoms with Crippen LogP contribution in [0, 0.1) is 0 Å². The molecule has 3 heterocycles. The average molecular weight is 456 g/mol. The quantitative estimate of drug-likeness (QED) is 0.476. The van der Waals surface area contributed by atoms with Gasteiger partial charge in [-0.25, -0.2) is 4.98 Å². The molecule has 1 amide bonds. The second-order valence-corrected chi connectivity index (χ2v) is 8.98. The van der Waals surface area contributed by atoms with Crippen LogP contribution in [0.25, 0.3) is 33.4 Å². The number of pyridine rings is 1. The highest BCUT2D eigenvalue weighted by Gasteiger charge is 2.26. The Bertz CT molecular complexity index is 1330. The zero-order valence-corrected chi connectivity index (χ0v) is 19.8. The summed E-state index contributed by atoms with van der Waals surface area (Å²) in [6.07, 6.45) is 3.25. The molecule has 2 aromatic heterocycles. The number of amides is 1. The second-order valence-electron chi connectivity index (χ2n) is 8.98. The van der Waals surface area contributed by atoms with Crippen LogP contribution >= 0.6 is 0 Å². The minimum atomic E-state index is 0.152. The number of carbonyl (C=O) groups excluding carboxylic acids is 1. The lowest BCUT2D eigenvalue weighted by Gasteiger charge is -2.24. The Morgan fingerprint density at radius 2 is 2.03 bits per heavy atom. The predicted molar refractivity (Wildman–Crippen MR) is 134 cm³/mol. The Labute approximate surface area is 199 Å². The molecular formula is C27H29N5O2. The van der Waals surface area contributed by atoms with Crippen LogP contribution in [0.2, 0.25) is 0 Å². The third kappa shape index (κ3) is 4.26. The Hall–Kier alpha value is -3.71. The maximum atomic E-state index is 12.9. The molecule has 34 heavy (non-hydrogen) atoms. The summed E-state index contributed by atoms with van der Waals surface area (Å²) >= 11 is 0. The maximum Gasteiger partial charge on any atom is 0.227 e. The summed E-state index contributed by atoms with van der Waals surface area (Å²) in [7, 11) is 5.69. The van der Waals surface area contributed by atoms with Crippen LogP contribution in [0.5, 0.6) is 5.75 Å². The van der Waals surface area contributed by atoms with Crippen LogP contribution in [0.4, 0.5) is 0 Å². The van der Waals surface area contributed by atoms with E-state index in [1.165, 1.54) is 0 Å². The van der Waals surface area contributed by atoms with Crippen molar-refractivity contribution in [2.24, 2.45) is 0 Å². The molecule has 174 valence electrons. The van der Waals surface area contributed by atoms with Crippen molar-refractivity contribution in [2.45, 2.75) is 18.9 Å². The SMILES string of the molecule is COc1ccccc1-c1[nH]nc2ncc(-c3cccc(CC(=O)N(C)C4CCN(C)C4)c3)cc12. The molecule has 0 radical (unpaired) electrons. The number of fused-ring (bicyclic) bond motifs is 1. The molecule has 1 aliphatic rings. The number of hydrogen-bond donors (Lipinski definition) is 1. The summed E-state index contributed by atoms with van der Waals surface area (Å²) in [6, 6.07) is 18.4. The number of nitrogens with one attached hydrogen (secondary N) is 1. The molecule has 1 aliphatic heterocycles. The Kier molecular flexibility index (Phi) is 6.02. The number of benzene rings is 2. The maximum absolute atomic E-state index is 12.9. The standard InChI is InChI=1S/C27H29N5O2/c1-31-12-11-21(17-31)32(2)25(33)14-18-7-6-8-19(13-18)20-15-23-26(29-30-27(23)28-16-20)22-9-4-5-10-24(22)34-3/h4-10,13,15-16,21H,11-12,14,17H2,1-3H3,(H,28,29,30). The molecule has 4 aromatic rings. The van der Waals surface area contributed by atoms with Gasteiger partial charge in [-0.05, 0) is 49.3 Å². The highest BCUT2D eigenvalue weighted by molar-refractivity contribution is 5.94.